The van der Waals surface area contributed by atoms with Crippen LogP contribution < -0.4 is 4.74 Å². The zero-order chi connectivity index (χ0) is 24.6. The van der Waals surface area contributed by atoms with E-state index in [0.29, 0.717) is 17.4 Å². The number of ether oxygens (including phenoxy) is 2. The van der Waals surface area contributed by atoms with Crippen LogP contribution >= 0.6 is 0 Å². The number of hydrogen-bond acceptors (Lipinski definition) is 4. The van der Waals surface area contributed by atoms with Crippen LogP contribution in [0.15, 0.2) is 42.6 Å². The number of nitrogens with one attached hydrogen (secondary N) is 1. The summed E-state index contributed by atoms with van der Waals surface area (Å²) in [5.41, 5.74) is 4.87. The number of carbonyl (C=O) groups is 1. The summed E-state index contributed by atoms with van der Waals surface area (Å²) in [4.78, 5) is 17.4. The number of nitrogens with zero attached hydrogens (tertiary/aromatic N) is 1. The number of aryl methyl sites for hydroxylation is 1. The first kappa shape index (κ1) is 24.1. The first-order valence-corrected chi connectivity index (χ1v) is 13.0. The highest BCUT2D eigenvalue weighted by Crippen LogP contribution is 2.45. The fourth-order valence-electron chi connectivity index (χ4n) is 6.09. The molecule has 35 heavy (non-hydrogen) atoms. The molecular formula is C28H33N2O4Si. The summed E-state index contributed by atoms with van der Waals surface area (Å²) in [5, 5.41) is 10.2. The highest BCUT2D eigenvalue weighted by Gasteiger charge is 2.42. The lowest BCUT2D eigenvalue weighted by Crippen LogP contribution is -2.53. The van der Waals surface area contributed by atoms with Crippen LogP contribution in [0.4, 0.5) is 0 Å². The highest BCUT2D eigenvalue weighted by atomic mass is 28.1. The third-order valence-electron chi connectivity index (χ3n) is 8.09. The number of piperidine rings is 1. The number of carboxylic acids is 1. The number of fused-ring (bicyclic) bond motifs is 1. The molecule has 3 radical (unpaired) electrons. The molecule has 3 heterocycles. The Labute approximate surface area is 210 Å². The van der Waals surface area contributed by atoms with Crippen molar-refractivity contribution in [1.29, 1.82) is 0 Å². The molecule has 183 valence electrons. The van der Waals surface area contributed by atoms with Gasteiger partial charge in [-0.05, 0) is 86.4 Å². The standard InChI is InChI=1S/C28H33N2O4Si/c1-18-15-25(33-2)24(23-7-11-29-26(18)23)17-30-12-8-21(19-9-13-34-14-10-19)16-28(30,35)22-5-3-20(4-6-22)27(31)32/h3-7,11,15,19,21,29H,8-10,12-14,16-17H2,1-2H3,(H,31,32)/t21-,28-/m0/s1. The Morgan fingerprint density at radius 3 is 2.63 bits per heavy atom. The molecule has 0 spiro atoms. The molecule has 7 heteroatoms. The Kier molecular flexibility index (Phi) is 6.75. The lowest BCUT2D eigenvalue weighted by Gasteiger charge is -2.50. The lowest BCUT2D eigenvalue weighted by atomic mass is 9.75. The van der Waals surface area contributed by atoms with Gasteiger partial charge in [-0.25, -0.2) is 4.79 Å². The summed E-state index contributed by atoms with van der Waals surface area (Å²) in [6.45, 7) is 5.46. The molecule has 2 N–H and O–H groups in total. The number of hydrogen-bond donors (Lipinski definition) is 2. The van der Waals surface area contributed by atoms with Crippen molar-refractivity contribution < 1.29 is 19.4 Å². The summed E-state index contributed by atoms with van der Waals surface area (Å²) in [7, 11) is 6.02. The quantitative estimate of drug-likeness (QED) is 0.485. The van der Waals surface area contributed by atoms with Crippen LogP contribution in [0.25, 0.3) is 10.9 Å². The van der Waals surface area contributed by atoms with Gasteiger partial charge in [0.2, 0.25) is 0 Å². The Balaban J connectivity index is 1.53. The van der Waals surface area contributed by atoms with E-state index in [1.807, 2.05) is 18.3 Å². The molecule has 1 aromatic heterocycles. The van der Waals surface area contributed by atoms with Gasteiger partial charge in [0, 0.05) is 47.6 Å². The number of H-pyrrole nitrogens is 1. The van der Waals surface area contributed by atoms with Crippen LogP contribution in [0, 0.1) is 18.8 Å². The van der Waals surface area contributed by atoms with Crippen LogP contribution in [-0.4, -0.2) is 58.1 Å². The van der Waals surface area contributed by atoms with E-state index in [-0.39, 0.29) is 0 Å². The van der Waals surface area contributed by atoms with Crippen LogP contribution in [0.3, 0.4) is 0 Å². The number of aromatic nitrogens is 1. The van der Waals surface area contributed by atoms with Crippen molar-refractivity contribution in [3.63, 3.8) is 0 Å². The Morgan fingerprint density at radius 1 is 1.20 bits per heavy atom. The highest BCUT2D eigenvalue weighted by molar-refractivity contribution is 6.15. The van der Waals surface area contributed by atoms with Crippen molar-refractivity contribution in [1.82, 2.24) is 9.88 Å². The van der Waals surface area contributed by atoms with E-state index in [1.54, 1.807) is 19.2 Å². The van der Waals surface area contributed by atoms with Crippen molar-refractivity contribution in [2.24, 2.45) is 11.8 Å². The molecule has 2 fully saturated rings. The predicted molar refractivity (Wildman–Crippen MR) is 137 cm³/mol. The van der Waals surface area contributed by atoms with Crippen molar-refractivity contribution in [2.45, 2.75) is 44.3 Å². The fraction of sp³-hybridized carbons (Fsp3) is 0.464. The molecule has 0 amide bonds. The van der Waals surface area contributed by atoms with Gasteiger partial charge < -0.3 is 19.6 Å². The molecule has 2 aromatic carbocycles. The van der Waals surface area contributed by atoms with Gasteiger partial charge in [-0.2, -0.15) is 0 Å². The summed E-state index contributed by atoms with van der Waals surface area (Å²) in [5.74, 6) is 1.24. The molecule has 0 bridgehead atoms. The number of carboxylic acid groups (broad SMARTS) is 1. The maximum atomic E-state index is 11.5. The van der Waals surface area contributed by atoms with Gasteiger partial charge >= 0.3 is 5.97 Å². The molecule has 2 saturated heterocycles. The minimum atomic E-state index is -0.903. The van der Waals surface area contributed by atoms with Gasteiger partial charge in [-0.1, -0.05) is 12.1 Å². The van der Waals surface area contributed by atoms with E-state index in [9.17, 15) is 9.90 Å². The van der Waals surface area contributed by atoms with Crippen LogP contribution in [0.5, 0.6) is 5.75 Å². The second-order valence-corrected chi connectivity index (χ2v) is 10.8. The summed E-state index contributed by atoms with van der Waals surface area (Å²) >= 11 is 0. The van der Waals surface area contributed by atoms with Crippen molar-refractivity contribution in [3.05, 3.63) is 64.8 Å². The van der Waals surface area contributed by atoms with E-state index in [2.05, 4.69) is 39.2 Å². The second-order valence-electron chi connectivity index (χ2n) is 10.0. The smallest absolute Gasteiger partial charge is 0.335 e. The lowest BCUT2D eigenvalue weighted by molar-refractivity contribution is 0.00230. The number of aromatic carboxylic acids is 1. The molecular weight excluding hydrogens is 456 g/mol. The largest absolute Gasteiger partial charge is 0.496 e. The molecule has 3 aromatic rings. The SMILES string of the molecule is COc1cc(C)c2[nH]ccc2c1CN1CC[C@H](C2CCOCC2)C[C@]1([Si])c1ccc(C(=O)O)cc1. The minimum absolute atomic E-state index is 0.307. The first-order valence-electron chi connectivity index (χ1n) is 12.5. The number of aromatic amines is 1. The molecule has 0 aliphatic carbocycles. The fourth-order valence-corrected chi connectivity index (χ4v) is 6.71. The van der Waals surface area contributed by atoms with Crippen molar-refractivity contribution >= 4 is 27.1 Å². The molecule has 5 rings (SSSR count). The van der Waals surface area contributed by atoms with Crippen LogP contribution in [0.1, 0.15) is 52.7 Å². The summed E-state index contributed by atoms with van der Waals surface area (Å²) in [6.07, 6.45) is 6.31. The van der Waals surface area contributed by atoms with Gasteiger partial charge in [-0.3, -0.25) is 4.90 Å². The first-order chi connectivity index (χ1) is 16.9. The maximum Gasteiger partial charge on any atom is 0.335 e. The topological polar surface area (TPSA) is 74.8 Å². The van der Waals surface area contributed by atoms with E-state index in [4.69, 9.17) is 9.47 Å². The third kappa shape index (κ3) is 4.53. The average molecular weight is 490 g/mol. The average Bonchev–Trinajstić information content (AvgIpc) is 3.38. The number of rotatable bonds is 6. The minimum Gasteiger partial charge on any atom is -0.496 e. The summed E-state index contributed by atoms with van der Waals surface area (Å²) < 4.78 is 11.5. The van der Waals surface area contributed by atoms with Gasteiger partial charge in [0.1, 0.15) is 5.75 Å². The van der Waals surface area contributed by atoms with Crippen LogP contribution in [0.2, 0.25) is 0 Å². The zero-order valence-corrected chi connectivity index (χ0v) is 21.5. The normalized spacial score (nSPS) is 24.0. The predicted octanol–water partition coefficient (Wildman–Crippen LogP) is 4.84. The number of likely N-dealkylation sites (tertiary alicyclic amines) is 1. The van der Waals surface area contributed by atoms with Crippen molar-refractivity contribution in [3.8, 4) is 5.75 Å². The van der Waals surface area contributed by atoms with Crippen LogP contribution in [-0.2, 0) is 16.4 Å². The molecule has 0 saturated carbocycles. The van der Waals surface area contributed by atoms with Gasteiger partial charge in [0.25, 0.3) is 0 Å². The third-order valence-corrected chi connectivity index (χ3v) is 8.90. The Morgan fingerprint density at radius 2 is 1.94 bits per heavy atom. The zero-order valence-electron chi connectivity index (χ0n) is 20.5. The maximum absolute atomic E-state index is 11.5. The van der Waals surface area contributed by atoms with E-state index in [1.165, 1.54) is 10.9 Å². The second kappa shape index (κ2) is 9.80. The van der Waals surface area contributed by atoms with Gasteiger partial charge in [0.15, 0.2) is 0 Å². The summed E-state index contributed by atoms with van der Waals surface area (Å²) in [6, 6.07) is 11.6. The number of benzene rings is 2. The molecule has 2 aliphatic heterocycles. The Bertz CT molecular complexity index is 1200. The van der Waals surface area contributed by atoms with E-state index >= 15 is 0 Å². The Hall–Kier alpha value is -2.61. The van der Waals surface area contributed by atoms with Crippen molar-refractivity contribution in [2.75, 3.05) is 26.9 Å². The van der Waals surface area contributed by atoms with Gasteiger partial charge in [0.05, 0.1) is 22.9 Å². The number of methoxy groups -OCH3 is 1. The van der Waals surface area contributed by atoms with E-state index < -0.39 is 11.1 Å². The molecule has 2 aliphatic rings. The molecule has 0 unspecified atom stereocenters. The van der Waals surface area contributed by atoms with E-state index in [0.717, 1.165) is 74.4 Å². The van der Waals surface area contributed by atoms with Gasteiger partial charge in [-0.15, -0.1) is 0 Å². The monoisotopic (exact) mass is 489 g/mol. The molecule has 6 nitrogen and oxygen atoms in total. The molecule has 2 atom stereocenters.